The van der Waals surface area contributed by atoms with E-state index in [-0.39, 0.29) is 20.1 Å². The minimum Gasteiger partial charge on any atom is -0.500 e. The minimum absolute atomic E-state index is 0. The average molecular weight is 763 g/mol. The Morgan fingerprint density at radius 3 is 2.20 bits per heavy atom. The summed E-state index contributed by atoms with van der Waals surface area (Å²) in [6.45, 7) is 6.47. The summed E-state index contributed by atoms with van der Waals surface area (Å²) < 4.78 is 12.8. The Labute approximate surface area is 276 Å². The van der Waals surface area contributed by atoms with Crippen LogP contribution in [0.1, 0.15) is 30.9 Å². The van der Waals surface area contributed by atoms with Crippen molar-refractivity contribution in [3.8, 4) is 33.8 Å². The van der Waals surface area contributed by atoms with E-state index in [1.807, 2.05) is 79.0 Å². The maximum absolute atomic E-state index is 6.55. The van der Waals surface area contributed by atoms with E-state index in [1.54, 1.807) is 6.20 Å². The van der Waals surface area contributed by atoms with Crippen LogP contribution in [0.15, 0.2) is 130 Å². The van der Waals surface area contributed by atoms with Gasteiger partial charge >= 0.3 is 0 Å². The first-order valence-electron chi connectivity index (χ1n) is 14.8. The molecule has 4 nitrogen and oxygen atoms in total. The molecule has 0 amide bonds. The van der Waals surface area contributed by atoms with Gasteiger partial charge in [0, 0.05) is 49.0 Å². The molecule has 0 bridgehead atoms. The van der Waals surface area contributed by atoms with Crippen LogP contribution < -0.4 is 0 Å². The number of hydrogen-bond acceptors (Lipinski definition) is 4. The molecular weight excluding hydrogens is 733 g/mol. The molecule has 0 N–H and O–H groups in total. The number of rotatable bonds is 4. The first kappa shape index (κ1) is 30.2. The van der Waals surface area contributed by atoms with Gasteiger partial charge in [-0.05, 0) is 48.5 Å². The van der Waals surface area contributed by atoms with E-state index < -0.39 is 0 Å². The number of furan rings is 2. The van der Waals surface area contributed by atoms with Crippen molar-refractivity contribution in [2.45, 2.75) is 26.7 Å². The molecule has 5 heteroatoms. The molecule has 45 heavy (non-hydrogen) atoms. The van der Waals surface area contributed by atoms with Crippen LogP contribution in [-0.2, 0) is 20.1 Å². The largest absolute Gasteiger partial charge is 0.500 e. The molecule has 0 aliphatic rings. The van der Waals surface area contributed by atoms with E-state index in [0.717, 1.165) is 72.3 Å². The normalized spacial score (nSPS) is 11.0. The van der Waals surface area contributed by atoms with Crippen LogP contribution in [0.25, 0.3) is 66.7 Å². The summed E-state index contributed by atoms with van der Waals surface area (Å²) >= 11 is 0. The Hall–Kier alpha value is -4.83. The van der Waals surface area contributed by atoms with Gasteiger partial charge in [0.25, 0.3) is 0 Å². The predicted molar refractivity (Wildman–Crippen MR) is 178 cm³/mol. The molecule has 0 saturated heterocycles. The number of aromatic nitrogens is 2. The maximum Gasteiger partial charge on any atom is 0.138 e. The first-order valence-corrected chi connectivity index (χ1v) is 14.8. The SMILES string of the molecule is Cc1c(-c2ccccc2)oc2ccc3c4cc[c-]c(-c5cc(C(C)C)ccn5)c4oc3c12.[Ir].[c-]1ccccc1-c1ccccn1. The number of pyridine rings is 2. The van der Waals surface area contributed by atoms with E-state index in [4.69, 9.17) is 8.83 Å². The molecule has 8 aromatic rings. The van der Waals surface area contributed by atoms with Gasteiger partial charge in [-0.1, -0.05) is 78.9 Å². The van der Waals surface area contributed by atoms with Gasteiger partial charge < -0.3 is 18.8 Å². The van der Waals surface area contributed by atoms with Crippen LogP contribution in [0, 0.1) is 19.1 Å². The van der Waals surface area contributed by atoms with Crippen LogP contribution in [0.4, 0.5) is 0 Å². The van der Waals surface area contributed by atoms with E-state index in [1.165, 1.54) is 5.56 Å². The van der Waals surface area contributed by atoms with Gasteiger partial charge in [0.05, 0.1) is 11.0 Å². The summed E-state index contributed by atoms with van der Waals surface area (Å²) in [7, 11) is 0. The maximum atomic E-state index is 6.55. The van der Waals surface area contributed by atoms with Gasteiger partial charge in [0.2, 0.25) is 0 Å². The zero-order valence-corrected chi connectivity index (χ0v) is 27.6. The third-order valence-corrected chi connectivity index (χ3v) is 7.88. The van der Waals surface area contributed by atoms with Crippen molar-refractivity contribution in [2.75, 3.05) is 0 Å². The smallest absolute Gasteiger partial charge is 0.138 e. The Balaban J connectivity index is 0.000000231. The number of fused-ring (bicyclic) bond motifs is 5. The molecule has 0 spiro atoms. The zero-order valence-electron chi connectivity index (χ0n) is 25.2. The molecule has 0 fully saturated rings. The molecule has 0 unspecified atom stereocenters. The summed E-state index contributed by atoms with van der Waals surface area (Å²) in [5, 5.41) is 3.16. The van der Waals surface area contributed by atoms with Crippen LogP contribution in [0.5, 0.6) is 0 Å². The van der Waals surface area contributed by atoms with E-state index >= 15 is 0 Å². The molecule has 8 rings (SSSR count). The fraction of sp³-hybridized carbons (Fsp3) is 0.100. The van der Waals surface area contributed by atoms with Crippen LogP contribution in [0.2, 0.25) is 0 Å². The van der Waals surface area contributed by atoms with Crippen molar-refractivity contribution in [3.63, 3.8) is 0 Å². The number of benzene rings is 4. The predicted octanol–water partition coefficient (Wildman–Crippen LogP) is 10.8. The standard InChI is InChI=1S/C29H22NO2.C11H8N.Ir/c1-17(2)20-14-15-30-24(16-20)23-11-7-10-21-22-12-13-25-26(29(22)32-28(21)23)18(3)27(31-25)19-8-5-4-6-9-19;1-2-6-10(7-3-1)11-8-4-5-9-12-11;/h4-10,12-17H,1-3H3;1-6,8-9H;/q2*-1;. The average Bonchev–Trinajstić information content (AvgIpc) is 3.64. The van der Waals surface area contributed by atoms with Crippen molar-refractivity contribution in [3.05, 3.63) is 145 Å². The topological polar surface area (TPSA) is 52.1 Å². The summed E-state index contributed by atoms with van der Waals surface area (Å²) in [4.78, 5) is 8.84. The Kier molecular flexibility index (Phi) is 8.75. The van der Waals surface area contributed by atoms with Crippen LogP contribution in [-0.4, -0.2) is 9.97 Å². The molecule has 223 valence electrons. The molecule has 4 aromatic heterocycles. The number of nitrogens with zero attached hydrogens (tertiary/aromatic N) is 2. The number of hydrogen-bond donors (Lipinski definition) is 0. The van der Waals surface area contributed by atoms with Gasteiger partial charge in [-0.15, -0.1) is 54.1 Å². The summed E-state index contributed by atoms with van der Waals surface area (Å²) in [6.07, 6.45) is 3.65. The molecule has 0 saturated carbocycles. The molecule has 4 heterocycles. The van der Waals surface area contributed by atoms with Crippen molar-refractivity contribution in [1.82, 2.24) is 9.97 Å². The summed E-state index contributed by atoms with van der Waals surface area (Å²) in [5.74, 6) is 1.31. The van der Waals surface area contributed by atoms with Gasteiger partial charge in [-0.25, -0.2) is 0 Å². The van der Waals surface area contributed by atoms with Crippen molar-refractivity contribution in [2.24, 2.45) is 0 Å². The van der Waals surface area contributed by atoms with E-state index in [0.29, 0.717) is 5.92 Å². The Bertz CT molecular complexity index is 2170. The van der Waals surface area contributed by atoms with Crippen molar-refractivity contribution < 1.29 is 28.9 Å². The third-order valence-electron chi connectivity index (χ3n) is 7.88. The van der Waals surface area contributed by atoms with Crippen molar-refractivity contribution >= 4 is 32.9 Å². The molecule has 4 aromatic carbocycles. The van der Waals surface area contributed by atoms with E-state index in [9.17, 15) is 0 Å². The summed E-state index contributed by atoms with van der Waals surface area (Å²) in [5.41, 5.74) is 9.67. The molecule has 0 aliphatic carbocycles. The minimum atomic E-state index is 0. The monoisotopic (exact) mass is 763 g/mol. The Morgan fingerprint density at radius 1 is 0.667 bits per heavy atom. The molecule has 1 radical (unpaired) electrons. The van der Waals surface area contributed by atoms with Gasteiger partial charge in [-0.3, -0.25) is 0 Å². The fourth-order valence-electron chi connectivity index (χ4n) is 5.60. The quantitative estimate of drug-likeness (QED) is 0.168. The second-order valence-corrected chi connectivity index (χ2v) is 11.1. The first-order chi connectivity index (χ1) is 21.6. The second-order valence-electron chi connectivity index (χ2n) is 11.1. The van der Waals surface area contributed by atoms with Gasteiger partial charge in [-0.2, -0.15) is 0 Å². The third kappa shape index (κ3) is 5.85. The Morgan fingerprint density at radius 2 is 1.44 bits per heavy atom. The molecule has 0 aliphatic heterocycles. The van der Waals surface area contributed by atoms with Crippen molar-refractivity contribution in [1.29, 1.82) is 0 Å². The van der Waals surface area contributed by atoms with E-state index in [2.05, 4.69) is 79.3 Å². The second kappa shape index (κ2) is 13.0. The van der Waals surface area contributed by atoms with Gasteiger partial charge in [0.15, 0.2) is 0 Å². The number of aryl methyl sites for hydroxylation is 1. The molecule has 0 atom stereocenters. The fourth-order valence-corrected chi connectivity index (χ4v) is 5.60. The van der Waals surface area contributed by atoms with Crippen LogP contribution >= 0.6 is 0 Å². The van der Waals surface area contributed by atoms with Crippen LogP contribution in [0.3, 0.4) is 0 Å². The zero-order chi connectivity index (χ0) is 30.0. The summed E-state index contributed by atoms with van der Waals surface area (Å²) in [6, 6.07) is 42.7. The van der Waals surface area contributed by atoms with Gasteiger partial charge in [0.1, 0.15) is 16.9 Å². The molecular formula is C40H30IrN2O2-2.